The summed E-state index contributed by atoms with van der Waals surface area (Å²) in [7, 11) is 1.75. The fourth-order valence-corrected chi connectivity index (χ4v) is 5.70. The van der Waals surface area contributed by atoms with Crippen LogP contribution in [0, 0.1) is 6.92 Å². The molecule has 3 aromatic carbocycles. The van der Waals surface area contributed by atoms with Crippen molar-refractivity contribution >= 4 is 23.4 Å². The lowest BCUT2D eigenvalue weighted by Crippen LogP contribution is -2.53. The van der Waals surface area contributed by atoms with E-state index >= 15 is 0 Å². The summed E-state index contributed by atoms with van der Waals surface area (Å²) in [5, 5.41) is 9.49. The van der Waals surface area contributed by atoms with E-state index in [2.05, 4.69) is 40.1 Å². The molecule has 1 fully saturated rings. The smallest absolute Gasteiger partial charge is 0.277 e. The van der Waals surface area contributed by atoms with Crippen LogP contribution in [0.25, 0.3) is 11.1 Å². The molecular formula is C34H34N4O6. The van der Waals surface area contributed by atoms with E-state index < -0.39 is 5.91 Å². The number of hydrogen-bond donors (Lipinski definition) is 2. The molecule has 10 nitrogen and oxygen atoms in total. The molecule has 2 aliphatic rings. The molecule has 0 spiro atoms. The number of nitrogens with one attached hydrogen (secondary N) is 2. The fourth-order valence-electron chi connectivity index (χ4n) is 5.70. The number of amides is 3. The molecule has 0 saturated carbocycles. The van der Waals surface area contributed by atoms with Gasteiger partial charge in [-0.1, -0.05) is 59.8 Å². The second-order valence-electron chi connectivity index (χ2n) is 11.2. The number of carbonyl (C=O) groups is 3. The summed E-state index contributed by atoms with van der Waals surface area (Å²) in [6.07, 6.45) is 0.877. The molecule has 44 heavy (non-hydrogen) atoms. The van der Waals surface area contributed by atoms with Crippen LogP contribution in [0.2, 0.25) is 0 Å². The van der Waals surface area contributed by atoms with Crippen LogP contribution in [-0.4, -0.2) is 59.7 Å². The predicted octanol–water partition coefficient (Wildman–Crippen LogP) is 4.99. The minimum Gasteiger partial charge on any atom is -0.490 e. The SMILES string of the molecule is Cc1cc(C(=O)Nc2ccc3c(c2)C(=O)N(C)[C@H]2CC[C@H](CC(=O)NCc4ccc(-c5ccccc5)cc4)O[C@@H]2CO3)no1. The van der Waals surface area contributed by atoms with Gasteiger partial charge in [0, 0.05) is 25.3 Å². The molecule has 4 aromatic rings. The van der Waals surface area contributed by atoms with Crippen LogP contribution in [0.4, 0.5) is 5.69 Å². The first-order valence-electron chi connectivity index (χ1n) is 14.7. The van der Waals surface area contributed by atoms with Crippen LogP contribution >= 0.6 is 0 Å². The lowest BCUT2D eigenvalue weighted by Gasteiger charge is -2.42. The summed E-state index contributed by atoms with van der Waals surface area (Å²) in [6.45, 7) is 2.36. The molecule has 0 unspecified atom stereocenters. The number of aromatic nitrogens is 1. The Labute approximate surface area is 255 Å². The minimum atomic E-state index is -0.439. The van der Waals surface area contributed by atoms with E-state index in [0.717, 1.165) is 16.7 Å². The molecule has 0 aliphatic carbocycles. The highest BCUT2D eigenvalue weighted by Crippen LogP contribution is 2.32. The summed E-state index contributed by atoms with van der Waals surface area (Å²) in [5.74, 6) is 0.165. The van der Waals surface area contributed by atoms with Gasteiger partial charge in [-0.05, 0) is 54.7 Å². The van der Waals surface area contributed by atoms with Crippen molar-refractivity contribution in [1.82, 2.24) is 15.4 Å². The van der Waals surface area contributed by atoms with E-state index in [1.807, 2.05) is 30.3 Å². The standard InChI is InChI=1S/C34H34N4O6/c1-21-16-28(37-44-21)33(40)36-25-12-15-30-27(17-25)34(41)38(2)29-14-13-26(43-31(29)20-42-30)18-32(39)35-19-22-8-10-24(11-9-22)23-6-4-3-5-7-23/h3-12,15-17,26,29,31H,13-14,18-20H2,1-2H3,(H,35,39)(H,36,40)/t26-,29+,31-/m1/s1. The highest BCUT2D eigenvalue weighted by molar-refractivity contribution is 6.04. The molecule has 1 aromatic heterocycles. The average Bonchev–Trinajstić information content (AvgIpc) is 3.49. The number of ether oxygens (including phenoxy) is 2. The maximum Gasteiger partial charge on any atom is 0.277 e. The molecule has 3 atom stereocenters. The van der Waals surface area contributed by atoms with Crippen molar-refractivity contribution in [3.05, 3.63) is 101 Å². The van der Waals surface area contributed by atoms with Crippen LogP contribution in [0.5, 0.6) is 5.75 Å². The first kappa shape index (κ1) is 29.1. The van der Waals surface area contributed by atoms with E-state index in [4.69, 9.17) is 14.0 Å². The van der Waals surface area contributed by atoms with E-state index in [1.54, 1.807) is 37.1 Å². The molecule has 1 saturated heterocycles. The van der Waals surface area contributed by atoms with Crippen LogP contribution < -0.4 is 15.4 Å². The Morgan fingerprint density at radius 1 is 0.977 bits per heavy atom. The topological polar surface area (TPSA) is 123 Å². The van der Waals surface area contributed by atoms with Crippen molar-refractivity contribution in [2.24, 2.45) is 0 Å². The zero-order chi connectivity index (χ0) is 30.6. The van der Waals surface area contributed by atoms with Gasteiger partial charge in [0.05, 0.1) is 24.1 Å². The van der Waals surface area contributed by atoms with Gasteiger partial charge in [-0.15, -0.1) is 0 Å². The van der Waals surface area contributed by atoms with Gasteiger partial charge in [0.15, 0.2) is 5.69 Å². The molecule has 2 N–H and O–H groups in total. The van der Waals surface area contributed by atoms with Crippen molar-refractivity contribution < 1.29 is 28.4 Å². The quantitative estimate of drug-likeness (QED) is 0.309. The van der Waals surface area contributed by atoms with Crippen LogP contribution in [0.3, 0.4) is 0 Å². The normalized spacial score (nSPS) is 19.5. The number of anilines is 1. The Kier molecular flexibility index (Phi) is 8.42. The number of likely N-dealkylation sites (N-methyl/N-ethyl adjacent to an activating group) is 1. The molecule has 6 rings (SSSR count). The average molecular weight is 595 g/mol. The van der Waals surface area contributed by atoms with Gasteiger partial charge >= 0.3 is 0 Å². The summed E-state index contributed by atoms with van der Waals surface area (Å²) < 4.78 is 17.3. The van der Waals surface area contributed by atoms with Gasteiger partial charge in [0.1, 0.15) is 24.2 Å². The van der Waals surface area contributed by atoms with Gasteiger partial charge in [0.25, 0.3) is 11.8 Å². The predicted molar refractivity (Wildman–Crippen MR) is 163 cm³/mol. The lowest BCUT2D eigenvalue weighted by molar-refractivity contribution is -0.134. The maximum absolute atomic E-state index is 13.5. The Hall–Kier alpha value is -4.96. The molecule has 3 amide bonds. The van der Waals surface area contributed by atoms with E-state index in [9.17, 15) is 14.4 Å². The number of fused-ring (bicyclic) bond motifs is 2. The third-order valence-corrected chi connectivity index (χ3v) is 8.09. The van der Waals surface area contributed by atoms with Crippen molar-refractivity contribution in [3.63, 3.8) is 0 Å². The summed E-state index contributed by atoms with van der Waals surface area (Å²) in [5.41, 5.74) is 4.23. The number of benzene rings is 3. The largest absolute Gasteiger partial charge is 0.490 e. The van der Waals surface area contributed by atoms with Crippen molar-refractivity contribution in [2.75, 3.05) is 19.0 Å². The van der Waals surface area contributed by atoms with Gasteiger partial charge in [-0.2, -0.15) is 0 Å². The summed E-state index contributed by atoms with van der Waals surface area (Å²) >= 11 is 0. The first-order chi connectivity index (χ1) is 21.3. The molecule has 3 heterocycles. The van der Waals surface area contributed by atoms with Crippen molar-refractivity contribution in [1.29, 1.82) is 0 Å². The van der Waals surface area contributed by atoms with Crippen LogP contribution in [0.15, 0.2) is 83.4 Å². The third kappa shape index (κ3) is 6.50. The monoisotopic (exact) mass is 594 g/mol. The fraction of sp³-hybridized carbons (Fsp3) is 0.294. The minimum absolute atomic E-state index is 0.0857. The second-order valence-corrected chi connectivity index (χ2v) is 11.2. The molecule has 0 bridgehead atoms. The summed E-state index contributed by atoms with van der Waals surface area (Å²) in [4.78, 5) is 40.5. The van der Waals surface area contributed by atoms with Crippen LogP contribution in [0.1, 0.15) is 51.4 Å². The zero-order valence-electron chi connectivity index (χ0n) is 24.6. The lowest BCUT2D eigenvalue weighted by atomic mass is 9.94. The van der Waals surface area contributed by atoms with Crippen LogP contribution in [-0.2, 0) is 16.1 Å². The third-order valence-electron chi connectivity index (χ3n) is 8.09. The Morgan fingerprint density at radius 3 is 2.50 bits per heavy atom. The van der Waals surface area contributed by atoms with Gasteiger partial charge in [-0.3, -0.25) is 14.4 Å². The Bertz CT molecular complexity index is 1650. The van der Waals surface area contributed by atoms with E-state index in [-0.39, 0.29) is 48.8 Å². The highest BCUT2D eigenvalue weighted by Gasteiger charge is 2.39. The zero-order valence-corrected chi connectivity index (χ0v) is 24.6. The highest BCUT2D eigenvalue weighted by atomic mass is 16.5. The molecule has 226 valence electrons. The van der Waals surface area contributed by atoms with E-state index in [0.29, 0.717) is 42.1 Å². The van der Waals surface area contributed by atoms with Crippen molar-refractivity contribution in [2.45, 2.75) is 51.0 Å². The maximum atomic E-state index is 13.5. The number of aryl methyl sites for hydroxylation is 1. The molecule has 0 radical (unpaired) electrons. The summed E-state index contributed by atoms with van der Waals surface area (Å²) in [6, 6.07) is 24.6. The van der Waals surface area contributed by atoms with Gasteiger partial charge in [-0.25, -0.2) is 0 Å². The Morgan fingerprint density at radius 2 is 1.75 bits per heavy atom. The molecule has 2 aliphatic heterocycles. The van der Waals surface area contributed by atoms with Crippen molar-refractivity contribution in [3.8, 4) is 16.9 Å². The first-order valence-corrected chi connectivity index (χ1v) is 14.7. The number of carbonyl (C=O) groups excluding carboxylic acids is 3. The Balaban J connectivity index is 1.04. The second kappa shape index (κ2) is 12.7. The molecule has 10 heteroatoms. The number of hydrogen-bond acceptors (Lipinski definition) is 7. The molecular weight excluding hydrogens is 560 g/mol. The number of nitrogens with zero attached hydrogens (tertiary/aromatic N) is 2. The van der Waals surface area contributed by atoms with Gasteiger partial charge in [0.2, 0.25) is 5.91 Å². The van der Waals surface area contributed by atoms with E-state index in [1.165, 1.54) is 6.07 Å². The number of rotatable bonds is 7. The van der Waals surface area contributed by atoms with Gasteiger partial charge < -0.3 is 29.5 Å².